The fraction of sp³-hybridized carbons (Fsp3) is 0.462. The van der Waals surface area contributed by atoms with Gasteiger partial charge in [-0.1, -0.05) is 18.2 Å². The van der Waals surface area contributed by atoms with Crippen molar-refractivity contribution in [2.75, 3.05) is 6.61 Å². The zero-order valence-electron chi connectivity index (χ0n) is 10.1. The first-order valence-corrected chi connectivity index (χ1v) is 5.81. The van der Waals surface area contributed by atoms with Gasteiger partial charge in [0.1, 0.15) is 5.75 Å². The van der Waals surface area contributed by atoms with Gasteiger partial charge in [-0.05, 0) is 31.4 Å². The van der Waals surface area contributed by atoms with E-state index in [1.54, 1.807) is 0 Å². The third-order valence-electron chi connectivity index (χ3n) is 2.48. The number of carbonyl (C=O) groups is 1. The molecule has 0 saturated carbocycles. The number of para-hydroxylation sites is 1. The van der Waals surface area contributed by atoms with Crippen LogP contribution < -0.4 is 10.5 Å². The van der Waals surface area contributed by atoms with E-state index in [1.165, 1.54) is 0 Å². The van der Waals surface area contributed by atoms with Crippen LogP contribution in [0.2, 0.25) is 0 Å². The Morgan fingerprint density at radius 2 is 2.18 bits per heavy atom. The summed E-state index contributed by atoms with van der Waals surface area (Å²) in [7, 11) is 0. The molecular formula is C13H19NO3. The largest absolute Gasteiger partial charge is 0.494 e. The summed E-state index contributed by atoms with van der Waals surface area (Å²) in [6.07, 6.45) is 1.23. The van der Waals surface area contributed by atoms with Crippen LogP contribution >= 0.6 is 0 Å². The van der Waals surface area contributed by atoms with Crippen LogP contribution in [0.3, 0.4) is 0 Å². The smallest absolute Gasteiger partial charge is 0.303 e. The molecule has 1 rings (SSSR count). The van der Waals surface area contributed by atoms with Gasteiger partial charge >= 0.3 is 5.97 Å². The van der Waals surface area contributed by atoms with Crippen molar-refractivity contribution in [3.63, 3.8) is 0 Å². The van der Waals surface area contributed by atoms with Crippen molar-refractivity contribution in [2.24, 2.45) is 5.73 Å². The molecule has 1 unspecified atom stereocenters. The first kappa shape index (κ1) is 13.5. The summed E-state index contributed by atoms with van der Waals surface area (Å²) in [5.41, 5.74) is 6.93. The van der Waals surface area contributed by atoms with E-state index in [2.05, 4.69) is 0 Å². The van der Waals surface area contributed by atoms with Crippen molar-refractivity contribution >= 4 is 5.97 Å². The first-order chi connectivity index (χ1) is 8.13. The first-order valence-electron chi connectivity index (χ1n) is 5.81. The van der Waals surface area contributed by atoms with Gasteiger partial charge in [0, 0.05) is 12.5 Å². The molecule has 0 aliphatic rings. The fourth-order valence-electron chi connectivity index (χ4n) is 1.66. The normalized spacial score (nSPS) is 12.1. The molecule has 4 nitrogen and oxygen atoms in total. The van der Waals surface area contributed by atoms with Crippen LogP contribution in [0.15, 0.2) is 24.3 Å². The van der Waals surface area contributed by atoms with Gasteiger partial charge in [0.15, 0.2) is 0 Å². The molecule has 1 atom stereocenters. The minimum absolute atomic E-state index is 0.109. The van der Waals surface area contributed by atoms with Crippen molar-refractivity contribution in [1.82, 2.24) is 0 Å². The van der Waals surface area contributed by atoms with E-state index in [4.69, 9.17) is 15.6 Å². The van der Waals surface area contributed by atoms with Crippen molar-refractivity contribution in [3.05, 3.63) is 29.8 Å². The van der Waals surface area contributed by atoms with Gasteiger partial charge in [0.2, 0.25) is 0 Å². The lowest BCUT2D eigenvalue weighted by molar-refractivity contribution is -0.137. The lowest BCUT2D eigenvalue weighted by atomic mass is 10.0. The molecular weight excluding hydrogens is 218 g/mol. The number of benzene rings is 1. The lowest BCUT2D eigenvalue weighted by Crippen LogP contribution is -2.24. The Hall–Kier alpha value is -1.55. The average molecular weight is 237 g/mol. The number of carboxylic acids is 1. The molecule has 0 aliphatic heterocycles. The van der Waals surface area contributed by atoms with Gasteiger partial charge < -0.3 is 15.6 Å². The highest BCUT2D eigenvalue weighted by atomic mass is 16.5. The molecule has 0 aromatic heterocycles. The van der Waals surface area contributed by atoms with E-state index in [1.807, 2.05) is 31.2 Å². The second-order valence-corrected chi connectivity index (χ2v) is 3.94. The molecule has 0 aliphatic carbocycles. The highest BCUT2D eigenvalue weighted by Gasteiger charge is 2.10. The molecule has 0 radical (unpaired) electrons. The summed E-state index contributed by atoms with van der Waals surface area (Å²) in [6, 6.07) is 7.57. The van der Waals surface area contributed by atoms with Crippen LogP contribution in [0, 0.1) is 0 Å². The summed E-state index contributed by atoms with van der Waals surface area (Å²) >= 11 is 0. The van der Waals surface area contributed by atoms with E-state index in [9.17, 15) is 4.79 Å². The Kier molecular flexibility index (Phi) is 5.49. The SMILES string of the molecule is CCOc1ccccc1CC(N)CCC(=O)O. The maximum Gasteiger partial charge on any atom is 0.303 e. The maximum atomic E-state index is 10.4. The molecule has 4 heteroatoms. The van der Waals surface area contributed by atoms with Crippen molar-refractivity contribution in [2.45, 2.75) is 32.2 Å². The number of ether oxygens (including phenoxy) is 1. The number of carboxylic acid groups (broad SMARTS) is 1. The summed E-state index contributed by atoms with van der Waals surface area (Å²) in [5.74, 6) is 0.0271. The third-order valence-corrected chi connectivity index (χ3v) is 2.48. The summed E-state index contributed by atoms with van der Waals surface area (Å²) in [4.78, 5) is 10.4. The van der Waals surface area contributed by atoms with Crippen molar-refractivity contribution in [1.29, 1.82) is 0 Å². The predicted molar refractivity (Wildman–Crippen MR) is 66.2 cm³/mol. The van der Waals surface area contributed by atoms with Crippen LogP contribution in [0.5, 0.6) is 5.75 Å². The quantitative estimate of drug-likeness (QED) is 0.758. The van der Waals surface area contributed by atoms with Gasteiger partial charge in [-0.15, -0.1) is 0 Å². The Morgan fingerprint density at radius 1 is 1.47 bits per heavy atom. The summed E-state index contributed by atoms with van der Waals surface area (Å²) in [6.45, 7) is 2.54. The van der Waals surface area contributed by atoms with Crippen molar-refractivity contribution < 1.29 is 14.6 Å². The molecule has 0 bridgehead atoms. The molecule has 94 valence electrons. The minimum Gasteiger partial charge on any atom is -0.494 e. The molecule has 0 heterocycles. The highest BCUT2D eigenvalue weighted by molar-refractivity contribution is 5.66. The number of nitrogens with two attached hydrogens (primary N) is 1. The van der Waals surface area contributed by atoms with E-state index in [0.29, 0.717) is 19.4 Å². The number of hydrogen-bond donors (Lipinski definition) is 2. The maximum absolute atomic E-state index is 10.4. The van der Waals surface area contributed by atoms with Gasteiger partial charge in [-0.25, -0.2) is 0 Å². The molecule has 0 saturated heterocycles. The molecule has 0 amide bonds. The Morgan fingerprint density at radius 3 is 2.82 bits per heavy atom. The number of aliphatic carboxylic acids is 1. The molecule has 17 heavy (non-hydrogen) atoms. The number of hydrogen-bond acceptors (Lipinski definition) is 3. The van der Waals surface area contributed by atoms with Crippen LogP contribution in [0.1, 0.15) is 25.3 Å². The van der Waals surface area contributed by atoms with Crippen molar-refractivity contribution in [3.8, 4) is 5.75 Å². The highest BCUT2D eigenvalue weighted by Crippen LogP contribution is 2.20. The van der Waals surface area contributed by atoms with Gasteiger partial charge in [0.25, 0.3) is 0 Å². The van der Waals surface area contributed by atoms with E-state index >= 15 is 0 Å². The Balaban J connectivity index is 2.57. The van der Waals surface area contributed by atoms with E-state index < -0.39 is 5.97 Å². The zero-order valence-corrected chi connectivity index (χ0v) is 10.1. The molecule has 0 spiro atoms. The average Bonchev–Trinajstić information content (AvgIpc) is 2.29. The Labute approximate surface area is 101 Å². The molecule has 1 aromatic carbocycles. The van der Waals surface area contributed by atoms with Crippen LogP contribution in [-0.4, -0.2) is 23.7 Å². The van der Waals surface area contributed by atoms with E-state index in [-0.39, 0.29) is 12.5 Å². The topological polar surface area (TPSA) is 72.5 Å². The molecule has 1 aromatic rings. The monoisotopic (exact) mass is 237 g/mol. The number of rotatable bonds is 7. The second kappa shape index (κ2) is 6.91. The summed E-state index contributed by atoms with van der Waals surface area (Å²) in [5, 5.41) is 8.59. The van der Waals surface area contributed by atoms with Gasteiger partial charge in [-0.2, -0.15) is 0 Å². The standard InChI is InChI=1S/C13H19NO3/c1-2-17-12-6-4-3-5-10(12)9-11(14)7-8-13(15)16/h3-6,11H,2,7-9,14H2,1H3,(H,15,16). The van der Waals surface area contributed by atoms with E-state index in [0.717, 1.165) is 11.3 Å². The van der Waals surface area contributed by atoms with Gasteiger partial charge in [-0.3, -0.25) is 4.79 Å². The third kappa shape index (κ3) is 4.87. The Bertz CT molecular complexity index is 365. The zero-order chi connectivity index (χ0) is 12.7. The molecule has 0 fully saturated rings. The molecule has 3 N–H and O–H groups in total. The van der Waals surface area contributed by atoms with Crippen LogP contribution in [0.25, 0.3) is 0 Å². The fourth-order valence-corrected chi connectivity index (χ4v) is 1.66. The van der Waals surface area contributed by atoms with Gasteiger partial charge in [0.05, 0.1) is 6.61 Å². The lowest BCUT2D eigenvalue weighted by Gasteiger charge is -2.14. The predicted octanol–water partition coefficient (Wildman–Crippen LogP) is 1.82. The van der Waals surface area contributed by atoms with Crippen LogP contribution in [0.4, 0.5) is 0 Å². The second-order valence-electron chi connectivity index (χ2n) is 3.94. The van der Waals surface area contributed by atoms with Crippen LogP contribution in [-0.2, 0) is 11.2 Å². The minimum atomic E-state index is -0.807. The summed E-state index contributed by atoms with van der Waals surface area (Å²) < 4.78 is 5.49.